The minimum Gasteiger partial charge on any atom is -0.305 e. The SMILES string of the molecule is Cn1ncc(C#N)c1NC(=O)c1cnn2c(C(F)(F)F)cc(C3CC3)nc12. The second kappa shape index (κ2) is 5.80. The number of hydrogen-bond donors (Lipinski definition) is 1. The van der Waals surface area contributed by atoms with Crippen molar-refractivity contribution in [2.24, 2.45) is 7.05 Å². The lowest BCUT2D eigenvalue weighted by molar-refractivity contribution is -0.142. The van der Waals surface area contributed by atoms with Crippen LogP contribution in [0.15, 0.2) is 18.5 Å². The zero-order valence-electron chi connectivity index (χ0n) is 13.9. The maximum Gasteiger partial charge on any atom is 0.433 e. The van der Waals surface area contributed by atoms with Crippen molar-refractivity contribution in [3.63, 3.8) is 0 Å². The number of carbonyl (C=O) groups is 1. The van der Waals surface area contributed by atoms with Crippen LogP contribution >= 0.6 is 0 Å². The van der Waals surface area contributed by atoms with Crippen LogP contribution in [0.2, 0.25) is 0 Å². The first-order valence-corrected chi connectivity index (χ1v) is 7.99. The fraction of sp³-hybridized carbons (Fsp3) is 0.312. The summed E-state index contributed by atoms with van der Waals surface area (Å²) in [7, 11) is 1.53. The molecule has 1 aliphatic carbocycles. The average Bonchev–Trinajstić information content (AvgIpc) is 3.29. The molecule has 1 amide bonds. The number of carbonyl (C=O) groups excluding carboxylic acids is 1. The molecule has 1 fully saturated rings. The van der Waals surface area contributed by atoms with E-state index in [1.54, 1.807) is 0 Å². The molecular formula is C16H12F3N7O. The average molecular weight is 375 g/mol. The second-order valence-corrected chi connectivity index (χ2v) is 6.23. The lowest BCUT2D eigenvalue weighted by Gasteiger charge is -2.11. The summed E-state index contributed by atoms with van der Waals surface area (Å²) in [6, 6.07) is 2.86. The number of amides is 1. The van der Waals surface area contributed by atoms with E-state index < -0.39 is 17.8 Å². The largest absolute Gasteiger partial charge is 0.433 e. The molecule has 11 heteroatoms. The Labute approximate surface area is 150 Å². The van der Waals surface area contributed by atoms with E-state index in [-0.39, 0.29) is 28.5 Å². The van der Waals surface area contributed by atoms with Gasteiger partial charge >= 0.3 is 6.18 Å². The molecule has 4 rings (SSSR count). The molecule has 0 spiro atoms. The molecule has 0 saturated heterocycles. The Bertz CT molecular complexity index is 1100. The molecule has 0 atom stereocenters. The zero-order valence-corrected chi connectivity index (χ0v) is 13.9. The summed E-state index contributed by atoms with van der Waals surface area (Å²) in [5.74, 6) is -0.626. The van der Waals surface area contributed by atoms with Gasteiger partial charge in [-0.3, -0.25) is 9.48 Å². The molecule has 1 aliphatic rings. The van der Waals surface area contributed by atoms with Gasteiger partial charge in [-0.1, -0.05) is 0 Å². The Hall–Kier alpha value is -3.42. The van der Waals surface area contributed by atoms with Crippen molar-refractivity contribution >= 4 is 17.4 Å². The van der Waals surface area contributed by atoms with Crippen LogP contribution in [0.1, 0.15) is 46.1 Å². The first kappa shape index (κ1) is 17.0. The summed E-state index contributed by atoms with van der Waals surface area (Å²) in [6.07, 6.45) is -0.809. The number of nitrogens with zero attached hydrogens (tertiary/aromatic N) is 6. The Balaban J connectivity index is 1.80. The highest BCUT2D eigenvalue weighted by atomic mass is 19.4. The zero-order chi connectivity index (χ0) is 19.3. The number of nitrogens with one attached hydrogen (secondary N) is 1. The maximum absolute atomic E-state index is 13.4. The van der Waals surface area contributed by atoms with Gasteiger partial charge in [0.2, 0.25) is 0 Å². The first-order chi connectivity index (χ1) is 12.8. The minimum atomic E-state index is -4.64. The van der Waals surface area contributed by atoms with Gasteiger partial charge < -0.3 is 5.32 Å². The number of anilines is 1. The number of hydrogen-bond acceptors (Lipinski definition) is 5. The monoisotopic (exact) mass is 375 g/mol. The Morgan fingerprint density at radius 1 is 1.33 bits per heavy atom. The minimum absolute atomic E-state index is 0.0378. The number of alkyl halides is 3. The molecule has 0 unspecified atom stereocenters. The number of rotatable bonds is 3. The first-order valence-electron chi connectivity index (χ1n) is 7.99. The molecule has 1 N–H and O–H groups in total. The highest BCUT2D eigenvalue weighted by molar-refractivity contribution is 6.08. The summed E-state index contributed by atoms with van der Waals surface area (Å²) >= 11 is 0. The molecule has 3 aromatic rings. The molecule has 0 aromatic carbocycles. The molecule has 3 heterocycles. The van der Waals surface area contributed by atoms with E-state index in [4.69, 9.17) is 5.26 Å². The van der Waals surface area contributed by atoms with Crippen LogP contribution < -0.4 is 5.32 Å². The normalized spacial score (nSPS) is 14.3. The van der Waals surface area contributed by atoms with Crippen LogP contribution in [0.3, 0.4) is 0 Å². The molecule has 138 valence electrons. The second-order valence-electron chi connectivity index (χ2n) is 6.23. The Morgan fingerprint density at radius 3 is 2.70 bits per heavy atom. The van der Waals surface area contributed by atoms with Crippen LogP contribution in [-0.4, -0.2) is 30.3 Å². The van der Waals surface area contributed by atoms with Gasteiger partial charge in [0.15, 0.2) is 5.65 Å². The molecule has 3 aromatic heterocycles. The van der Waals surface area contributed by atoms with Gasteiger partial charge in [0, 0.05) is 18.7 Å². The number of aromatic nitrogens is 5. The standard InChI is InChI=1S/C16H12F3N7O/c1-25-13(9(5-20)6-21-25)24-15(27)10-7-22-26-12(16(17,18)19)4-11(8-2-3-8)23-14(10)26/h4,6-8H,2-3H2,1H3,(H,24,27). The van der Waals surface area contributed by atoms with E-state index in [0.29, 0.717) is 10.2 Å². The van der Waals surface area contributed by atoms with Crippen LogP contribution in [0, 0.1) is 11.3 Å². The van der Waals surface area contributed by atoms with Gasteiger partial charge in [0.05, 0.1) is 12.4 Å². The van der Waals surface area contributed by atoms with Gasteiger partial charge in [-0.15, -0.1) is 0 Å². The summed E-state index contributed by atoms with van der Waals surface area (Å²) in [5.41, 5.74) is -0.850. The predicted molar refractivity (Wildman–Crippen MR) is 85.8 cm³/mol. The topological polar surface area (TPSA) is 101 Å². The third kappa shape index (κ3) is 2.88. The summed E-state index contributed by atoms with van der Waals surface area (Å²) in [6.45, 7) is 0. The smallest absolute Gasteiger partial charge is 0.305 e. The van der Waals surface area contributed by atoms with E-state index in [1.807, 2.05) is 6.07 Å². The Morgan fingerprint density at radius 2 is 2.07 bits per heavy atom. The quantitative estimate of drug-likeness (QED) is 0.758. The van der Waals surface area contributed by atoms with Gasteiger partial charge in [-0.25, -0.2) is 9.50 Å². The van der Waals surface area contributed by atoms with E-state index in [1.165, 1.54) is 17.9 Å². The summed E-state index contributed by atoms with van der Waals surface area (Å²) < 4.78 is 42.1. The molecule has 0 bridgehead atoms. The highest BCUT2D eigenvalue weighted by Gasteiger charge is 2.38. The number of aryl methyl sites for hydroxylation is 1. The van der Waals surface area contributed by atoms with Gasteiger partial charge in [0.25, 0.3) is 5.91 Å². The van der Waals surface area contributed by atoms with Crippen molar-refractivity contribution in [3.05, 3.63) is 41.0 Å². The van der Waals surface area contributed by atoms with Crippen LogP contribution in [0.25, 0.3) is 5.65 Å². The molecule has 0 radical (unpaired) electrons. The Kier molecular flexibility index (Phi) is 3.66. The molecule has 0 aliphatic heterocycles. The van der Waals surface area contributed by atoms with Crippen LogP contribution in [0.5, 0.6) is 0 Å². The molecule has 8 nitrogen and oxygen atoms in total. The van der Waals surface area contributed by atoms with Crippen molar-refractivity contribution in [2.75, 3.05) is 5.32 Å². The summed E-state index contributed by atoms with van der Waals surface area (Å²) in [5, 5.41) is 19.1. The fourth-order valence-corrected chi connectivity index (χ4v) is 2.77. The summed E-state index contributed by atoms with van der Waals surface area (Å²) in [4.78, 5) is 16.9. The van der Waals surface area contributed by atoms with Crippen LogP contribution in [-0.2, 0) is 13.2 Å². The van der Waals surface area contributed by atoms with Crippen molar-refractivity contribution in [2.45, 2.75) is 24.9 Å². The maximum atomic E-state index is 13.4. The fourth-order valence-electron chi connectivity index (χ4n) is 2.77. The lowest BCUT2D eigenvalue weighted by atomic mass is 10.2. The third-order valence-corrected chi connectivity index (χ3v) is 4.31. The third-order valence-electron chi connectivity index (χ3n) is 4.31. The number of fused-ring (bicyclic) bond motifs is 1. The van der Waals surface area contributed by atoms with Crippen molar-refractivity contribution in [1.29, 1.82) is 5.26 Å². The molecule has 27 heavy (non-hydrogen) atoms. The van der Waals surface area contributed by atoms with Gasteiger partial charge in [-0.2, -0.15) is 28.6 Å². The number of halogens is 3. The van der Waals surface area contributed by atoms with E-state index in [2.05, 4.69) is 20.5 Å². The van der Waals surface area contributed by atoms with E-state index in [0.717, 1.165) is 25.1 Å². The van der Waals surface area contributed by atoms with Gasteiger partial charge in [0.1, 0.15) is 28.7 Å². The predicted octanol–water partition coefficient (Wildman–Crippen LogP) is 2.48. The van der Waals surface area contributed by atoms with Crippen molar-refractivity contribution < 1.29 is 18.0 Å². The van der Waals surface area contributed by atoms with Gasteiger partial charge in [-0.05, 0) is 18.9 Å². The molecular weight excluding hydrogens is 363 g/mol. The highest BCUT2D eigenvalue weighted by Crippen LogP contribution is 2.41. The number of nitriles is 1. The van der Waals surface area contributed by atoms with Crippen molar-refractivity contribution in [3.8, 4) is 6.07 Å². The van der Waals surface area contributed by atoms with E-state index in [9.17, 15) is 18.0 Å². The lowest BCUT2D eigenvalue weighted by Crippen LogP contribution is -2.17. The molecule has 1 saturated carbocycles. The van der Waals surface area contributed by atoms with Crippen LogP contribution in [0.4, 0.5) is 19.0 Å². The van der Waals surface area contributed by atoms with Crippen molar-refractivity contribution in [1.82, 2.24) is 24.4 Å². The van der Waals surface area contributed by atoms with E-state index >= 15 is 0 Å².